The number of hydrogen-bond acceptors (Lipinski definition) is 6. The minimum absolute atomic E-state index is 0.0356. The smallest absolute Gasteiger partial charge is 0.239 e. The fraction of sp³-hybridized carbons (Fsp3) is 0.786. The van der Waals surface area contributed by atoms with E-state index in [1.54, 1.807) is 0 Å². The summed E-state index contributed by atoms with van der Waals surface area (Å²) in [5.74, 6) is 0.691. The van der Waals surface area contributed by atoms with Crippen LogP contribution in [-0.2, 0) is 14.4 Å². The minimum Gasteiger partial charge on any atom is -0.361 e. The lowest BCUT2D eigenvalue weighted by atomic mass is 9.85. The first-order valence-electron chi connectivity index (χ1n) is 7.88. The first-order chi connectivity index (χ1) is 11.1. The van der Waals surface area contributed by atoms with Gasteiger partial charge in [0.1, 0.15) is 0 Å². The molecule has 23 heavy (non-hydrogen) atoms. The largest absolute Gasteiger partial charge is 0.361 e. The highest BCUT2D eigenvalue weighted by Crippen LogP contribution is 2.25. The summed E-state index contributed by atoms with van der Waals surface area (Å²) >= 11 is 1.26. The van der Waals surface area contributed by atoms with Crippen LogP contribution in [0.4, 0.5) is 0 Å². The number of aliphatic hydroxyl groups excluding tert-OH is 1. The molecule has 3 amide bonds. The van der Waals surface area contributed by atoms with Crippen molar-refractivity contribution in [3.8, 4) is 0 Å². The van der Waals surface area contributed by atoms with E-state index in [9.17, 15) is 19.5 Å². The molecule has 1 aliphatic carbocycles. The predicted molar refractivity (Wildman–Crippen MR) is 86.4 cm³/mol. The van der Waals surface area contributed by atoms with Crippen molar-refractivity contribution in [3.63, 3.8) is 0 Å². The summed E-state index contributed by atoms with van der Waals surface area (Å²) in [6.07, 6.45) is 2.66. The molecule has 130 valence electrons. The Hall–Kier alpha value is -1.32. The van der Waals surface area contributed by atoms with Gasteiger partial charge in [0.25, 0.3) is 0 Å². The van der Waals surface area contributed by atoms with E-state index in [-0.39, 0.29) is 48.9 Å². The molecular formula is C14H24N4O4S. The number of thioether (sulfide) groups is 1. The van der Waals surface area contributed by atoms with Crippen molar-refractivity contribution in [1.82, 2.24) is 20.9 Å². The highest BCUT2D eigenvalue weighted by atomic mass is 32.2. The molecule has 1 unspecified atom stereocenters. The summed E-state index contributed by atoms with van der Waals surface area (Å²) < 4.78 is 0. The molecular weight excluding hydrogens is 320 g/mol. The van der Waals surface area contributed by atoms with Gasteiger partial charge >= 0.3 is 0 Å². The van der Waals surface area contributed by atoms with E-state index in [4.69, 9.17) is 0 Å². The molecule has 9 heteroatoms. The third kappa shape index (κ3) is 6.00. The average Bonchev–Trinajstić information content (AvgIpc) is 2.77. The molecule has 2 rings (SSSR count). The molecule has 0 aromatic carbocycles. The Kier molecular flexibility index (Phi) is 7.13. The molecule has 4 N–H and O–H groups in total. The second-order valence-electron chi connectivity index (χ2n) is 5.79. The Morgan fingerprint density at radius 2 is 1.96 bits per heavy atom. The highest BCUT2D eigenvalue weighted by Gasteiger charge is 2.27. The van der Waals surface area contributed by atoms with Gasteiger partial charge in [0.05, 0.1) is 18.1 Å². The molecule has 1 saturated carbocycles. The van der Waals surface area contributed by atoms with E-state index < -0.39 is 6.35 Å². The first kappa shape index (κ1) is 18.0. The SMILES string of the molecule is O=C(CSCC(=O)NCC1CCC1)NCCN1C(=O)CNC1O. The number of carbonyl (C=O) groups is 3. The van der Waals surface area contributed by atoms with Gasteiger partial charge in [-0.2, -0.15) is 0 Å². The zero-order chi connectivity index (χ0) is 16.7. The number of hydrogen-bond donors (Lipinski definition) is 4. The van der Waals surface area contributed by atoms with Crippen molar-refractivity contribution >= 4 is 29.5 Å². The van der Waals surface area contributed by atoms with Crippen LogP contribution < -0.4 is 16.0 Å². The molecule has 8 nitrogen and oxygen atoms in total. The van der Waals surface area contributed by atoms with Gasteiger partial charge in [-0.3, -0.25) is 19.7 Å². The standard InChI is InChI=1S/C14H24N4O4S/c19-11(15-4-5-18-13(21)7-17-14(18)22)8-23-9-12(20)16-6-10-2-1-3-10/h10,14,17,22H,1-9H2,(H,15,19)(H,16,20). The summed E-state index contributed by atoms with van der Waals surface area (Å²) in [7, 11) is 0. The molecule has 2 aliphatic rings. The molecule has 0 bridgehead atoms. The van der Waals surface area contributed by atoms with Crippen LogP contribution in [0.3, 0.4) is 0 Å². The number of amides is 3. The van der Waals surface area contributed by atoms with Crippen molar-refractivity contribution in [2.75, 3.05) is 37.7 Å². The molecule has 0 radical (unpaired) electrons. The molecule has 0 aromatic heterocycles. The van der Waals surface area contributed by atoms with E-state index in [1.165, 1.54) is 35.9 Å². The van der Waals surface area contributed by atoms with Gasteiger partial charge in [-0.1, -0.05) is 6.42 Å². The maximum Gasteiger partial charge on any atom is 0.239 e. The molecule has 1 atom stereocenters. The zero-order valence-corrected chi connectivity index (χ0v) is 13.9. The van der Waals surface area contributed by atoms with Crippen LogP contribution in [0.25, 0.3) is 0 Å². The second-order valence-corrected chi connectivity index (χ2v) is 6.77. The van der Waals surface area contributed by atoms with Crippen LogP contribution >= 0.6 is 11.8 Å². The Bertz CT molecular complexity index is 444. The monoisotopic (exact) mass is 344 g/mol. The lowest BCUT2D eigenvalue weighted by Crippen LogP contribution is -2.42. The van der Waals surface area contributed by atoms with Gasteiger partial charge in [-0.25, -0.2) is 0 Å². The van der Waals surface area contributed by atoms with Gasteiger partial charge in [0.2, 0.25) is 17.7 Å². The summed E-state index contributed by atoms with van der Waals surface area (Å²) in [4.78, 5) is 35.9. The Labute approximate surface area is 139 Å². The van der Waals surface area contributed by atoms with Gasteiger partial charge in [0, 0.05) is 19.6 Å². The summed E-state index contributed by atoms with van der Waals surface area (Å²) in [6.45, 7) is 1.38. The Balaban J connectivity index is 1.48. The van der Waals surface area contributed by atoms with Crippen molar-refractivity contribution in [3.05, 3.63) is 0 Å². The van der Waals surface area contributed by atoms with Crippen molar-refractivity contribution < 1.29 is 19.5 Å². The van der Waals surface area contributed by atoms with Crippen LogP contribution in [0.2, 0.25) is 0 Å². The van der Waals surface area contributed by atoms with Crippen LogP contribution in [0, 0.1) is 5.92 Å². The quantitative estimate of drug-likeness (QED) is 0.403. The molecule has 1 heterocycles. The number of nitrogens with one attached hydrogen (secondary N) is 3. The third-order valence-corrected chi connectivity index (χ3v) is 4.94. The number of rotatable bonds is 9. The third-order valence-electron chi connectivity index (χ3n) is 4.01. The van der Waals surface area contributed by atoms with E-state index in [0.717, 1.165) is 6.54 Å². The molecule has 2 fully saturated rings. The molecule has 0 spiro atoms. The van der Waals surface area contributed by atoms with Gasteiger partial charge in [0.15, 0.2) is 6.35 Å². The van der Waals surface area contributed by atoms with Crippen molar-refractivity contribution in [2.24, 2.45) is 5.92 Å². The maximum atomic E-state index is 11.6. The lowest BCUT2D eigenvalue weighted by molar-refractivity contribution is -0.133. The highest BCUT2D eigenvalue weighted by molar-refractivity contribution is 8.00. The Morgan fingerprint density at radius 1 is 1.26 bits per heavy atom. The molecule has 1 saturated heterocycles. The number of aliphatic hydroxyl groups is 1. The fourth-order valence-corrected chi connectivity index (χ4v) is 3.06. The summed E-state index contributed by atoms with van der Waals surface area (Å²) in [5, 5.41) is 17.6. The topological polar surface area (TPSA) is 111 Å². The van der Waals surface area contributed by atoms with E-state index in [0.29, 0.717) is 5.92 Å². The zero-order valence-electron chi connectivity index (χ0n) is 13.0. The van der Waals surface area contributed by atoms with Crippen molar-refractivity contribution in [2.45, 2.75) is 25.6 Å². The first-order valence-corrected chi connectivity index (χ1v) is 9.04. The summed E-state index contributed by atoms with van der Waals surface area (Å²) in [5.41, 5.74) is 0. The Morgan fingerprint density at radius 3 is 2.52 bits per heavy atom. The van der Waals surface area contributed by atoms with Gasteiger partial charge < -0.3 is 20.6 Å². The molecule has 0 aromatic rings. The predicted octanol–water partition coefficient (Wildman–Crippen LogP) is -1.54. The minimum atomic E-state index is -0.979. The number of carbonyl (C=O) groups excluding carboxylic acids is 3. The van der Waals surface area contributed by atoms with Gasteiger partial charge in [-0.05, 0) is 18.8 Å². The summed E-state index contributed by atoms with van der Waals surface area (Å²) in [6, 6.07) is 0. The number of nitrogens with zero attached hydrogens (tertiary/aromatic N) is 1. The fourth-order valence-electron chi connectivity index (χ4n) is 2.38. The van der Waals surface area contributed by atoms with E-state index in [2.05, 4.69) is 16.0 Å². The van der Waals surface area contributed by atoms with E-state index >= 15 is 0 Å². The second kappa shape index (κ2) is 9.09. The lowest BCUT2D eigenvalue weighted by Gasteiger charge is -2.25. The molecule has 1 aliphatic heterocycles. The van der Waals surface area contributed by atoms with Crippen molar-refractivity contribution in [1.29, 1.82) is 0 Å². The normalized spacial score (nSPS) is 21.2. The van der Waals surface area contributed by atoms with Crippen LogP contribution in [0.1, 0.15) is 19.3 Å². The van der Waals surface area contributed by atoms with E-state index in [1.807, 2.05) is 0 Å². The van der Waals surface area contributed by atoms with Crippen LogP contribution in [0.15, 0.2) is 0 Å². The van der Waals surface area contributed by atoms with Crippen LogP contribution in [-0.4, -0.2) is 71.8 Å². The average molecular weight is 344 g/mol. The van der Waals surface area contributed by atoms with Crippen LogP contribution in [0.5, 0.6) is 0 Å². The maximum absolute atomic E-state index is 11.6. The van der Waals surface area contributed by atoms with Gasteiger partial charge in [-0.15, -0.1) is 11.8 Å².